The maximum absolute atomic E-state index is 11.5. The topological polar surface area (TPSA) is 67.9 Å². The number of urea groups is 1. The smallest absolute Gasteiger partial charge is 0.319 e. The van der Waals surface area contributed by atoms with Gasteiger partial charge in [-0.3, -0.25) is 9.89 Å². The number of benzene rings is 1. The molecule has 0 fully saturated rings. The van der Waals surface area contributed by atoms with Crippen molar-refractivity contribution in [2.24, 2.45) is 10.7 Å². The van der Waals surface area contributed by atoms with Crippen LogP contribution in [0.2, 0.25) is 0 Å². The van der Waals surface area contributed by atoms with Gasteiger partial charge in [-0.15, -0.1) is 0 Å². The molecule has 0 atom stereocenters. The minimum absolute atomic E-state index is 0.392. The van der Waals surface area contributed by atoms with Gasteiger partial charge in [-0.1, -0.05) is 0 Å². The van der Waals surface area contributed by atoms with Crippen LogP contribution in [-0.2, 0) is 4.74 Å². The summed E-state index contributed by atoms with van der Waals surface area (Å²) in [5.74, 6) is 0.782. The third-order valence-corrected chi connectivity index (χ3v) is 3.11. The quantitative estimate of drug-likeness (QED) is 0.807. The lowest BCUT2D eigenvalue weighted by Gasteiger charge is -2.14. The third kappa shape index (κ3) is 1.40. The van der Waals surface area contributed by atoms with Crippen LogP contribution in [0.25, 0.3) is 11.8 Å². The van der Waals surface area contributed by atoms with Gasteiger partial charge in [-0.25, -0.2) is 4.79 Å². The van der Waals surface area contributed by atoms with Gasteiger partial charge in [0.05, 0.1) is 24.5 Å². The van der Waals surface area contributed by atoms with Gasteiger partial charge in [0.15, 0.2) is 0 Å². The number of amides is 2. The number of carbonyl (C=O) groups excluding carboxylic acids is 1. The molecule has 92 valence electrons. The van der Waals surface area contributed by atoms with Crippen molar-refractivity contribution >= 4 is 35.5 Å². The molecule has 0 saturated heterocycles. The number of nitrogens with zero attached hydrogens (tertiary/aromatic N) is 2. The number of ether oxygens (including phenoxy) is 1. The van der Waals surface area contributed by atoms with Gasteiger partial charge >= 0.3 is 6.03 Å². The second kappa shape index (κ2) is 3.87. The largest absolute Gasteiger partial charge is 0.496 e. The number of hydrogen-bond donors (Lipinski definition) is 1. The Labute approximate surface area is 104 Å². The van der Waals surface area contributed by atoms with Crippen molar-refractivity contribution in [3.05, 3.63) is 22.6 Å². The second-order valence-corrected chi connectivity index (χ2v) is 4.12. The summed E-state index contributed by atoms with van der Waals surface area (Å²) < 4.78 is 5.63. The van der Waals surface area contributed by atoms with E-state index in [1.807, 2.05) is 25.1 Å². The van der Waals surface area contributed by atoms with E-state index in [4.69, 9.17) is 10.5 Å². The van der Waals surface area contributed by atoms with Crippen molar-refractivity contribution in [3.63, 3.8) is 0 Å². The van der Waals surface area contributed by atoms with Crippen LogP contribution in [0, 0.1) is 0 Å². The molecular formula is C13H13N3O2. The Hall–Kier alpha value is -2.30. The van der Waals surface area contributed by atoms with Crippen molar-refractivity contribution in [2.75, 3.05) is 18.1 Å². The summed E-state index contributed by atoms with van der Waals surface area (Å²) in [5.41, 5.74) is 7.09. The fourth-order valence-corrected chi connectivity index (χ4v) is 2.38. The lowest BCUT2D eigenvalue weighted by molar-refractivity contribution is 0.252. The number of anilines is 1. The molecule has 2 aliphatic rings. The van der Waals surface area contributed by atoms with Crippen molar-refractivity contribution in [2.45, 2.75) is 6.92 Å². The molecule has 0 saturated carbocycles. The molecule has 0 unspecified atom stereocenters. The second-order valence-electron chi connectivity index (χ2n) is 4.12. The van der Waals surface area contributed by atoms with Gasteiger partial charge in [0.25, 0.3) is 0 Å². The molecule has 1 aromatic rings. The molecule has 2 aliphatic heterocycles. The maximum atomic E-state index is 11.5. The van der Waals surface area contributed by atoms with Crippen molar-refractivity contribution < 1.29 is 9.53 Å². The van der Waals surface area contributed by atoms with E-state index in [0.717, 1.165) is 27.6 Å². The average Bonchev–Trinajstić information content (AvgIpc) is 2.92. The molecule has 5 nitrogen and oxygen atoms in total. The molecular weight excluding hydrogens is 230 g/mol. The molecule has 0 bridgehead atoms. The van der Waals surface area contributed by atoms with Crippen molar-refractivity contribution in [1.82, 2.24) is 0 Å². The lowest BCUT2D eigenvalue weighted by Crippen LogP contribution is -2.36. The van der Waals surface area contributed by atoms with E-state index < -0.39 is 6.03 Å². The molecule has 0 aromatic heterocycles. The van der Waals surface area contributed by atoms with Crippen molar-refractivity contribution in [3.8, 4) is 0 Å². The summed E-state index contributed by atoms with van der Waals surface area (Å²) in [6, 6.07) is 3.28. The Balaban J connectivity index is 2.29. The zero-order valence-corrected chi connectivity index (χ0v) is 10.0. The first-order valence-electron chi connectivity index (χ1n) is 5.82. The monoisotopic (exact) mass is 243 g/mol. The highest BCUT2D eigenvalue weighted by Gasteiger charge is 2.26. The number of primary amides is 1. The highest BCUT2D eigenvalue weighted by molar-refractivity contribution is 6.00. The first-order valence-corrected chi connectivity index (χ1v) is 5.82. The Morgan fingerprint density at radius 1 is 1.56 bits per heavy atom. The van der Waals surface area contributed by atoms with Gasteiger partial charge < -0.3 is 10.5 Å². The molecule has 2 N–H and O–H groups in total. The van der Waals surface area contributed by atoms with E-state index in [1.54, 1.807) is 6.21 Å². The van der Waals surface area contributed by atoms with E-state index in [0.29, 0.717) is 13.2 Å². The van der Waals surface area contributed by atoms with E-state index in [-0.39, 0.29) is 0 Å². The minimum Gasteiger partial charge on any atom is -0.496 e. The number of hydrogen-bond acceptors (Lipinski definition) is 3. The first-order chi connectivity index (χ1) is 8.72. The van der Waals surface area contributed by atoms with Crippen LogP contribution < -0.4 is 21.1 Å². The lowest BCUT2D eigenvalue weighted by atomic mass is 10.2. The normalized spacial score (nSPS) is 15.4. The molecule has 0 spiro atoms. The molecule has 0 radical (unpaired) electrons. The van der Waals surface area contributed by atoms with Gasteiger partial charge in [0, 0.05) is 16.7 Å². The summed E-state index contributed by atoms with van der Waals surface area (Å²) in [6.07, 6.45) is 3.68. The van der Waals surface area contributed by atoms with Crippen LogP contribution in [0.3, 0.4) is 0 Å². The first kappa shape index (κ1) is 10.8. The Morgan fingerprint density at radius 2 is 2.39 bits per heavy atom. The van der Waals surface area contributed by atoms with E-state index in [1.165, 1.54) is 4.90 Å². The summed E-state index contributed by atoms with van der Waals surface area (Å²) in [5, 5.41) is 1.94. The predicted octanol–water partition coefficient (Wildman–Crippen LogP) is 0.226. The zero-order chi connectivity index (χ0) is 12.7. The highest BCUT2D eigenvalue weighted by atomic mass is 16.5. The maximum Gasteiger partial charge on any atom is 0.319 e. The van der Waals surface area contributed by atoms with Gasteiger partial charge in [-0.05, 0) is 25.1 Å². The summed E-state index contributed by atoms with van der Waals surface area (Å²) in [6.45, 7) is 2.87. The predicted molar refractivity (Wildman–Crippen MR) is 70.3 cm³/mol. The number of fused-ring (bicyclic) bond motifs is 3. The van der Waals surface area contributed by atoms with Gasteiger partial charge in [0.1, 0.15) is 5.76 Å². The summed E-state index contributed by atoms with van der Waals surface area (Å²) in [7, 11) is 0. The fourth-order valence-electron chi connectivity index (χ4n) is 2.38. The number of aliphatic imine (C=N–C) groups is 1. The average molecular weight is 243 g/mol. The minimum atomic E-state index is -0.468. The van der Waals surface area contributed by atoms with Crippen LogP contribution >= 0.6 is 0 Å². The van der Waals surface area contributed by atoms with E-state index >= 15 is 0 Å². The van der Waals surface area contributed by atoms with Crippen LogP contribution in [0.5, 0.6) is 0 Å². The standard InChI is InChI=1S/C13H13N3O2/c1-2-18-11-7-16(13(14)17)10-4-3-9-8(12(10)11)5-6-15-9/h3-6H,2,7H2,1H3,(H2,14,17). The Morgan fingerprint density at radius 3 is 3.11 bits per heavy atom. The van der Waals surface area contributed by atoms with Crippen LogP contribution in [-0.4, -0.2) is 25.4 Å². The van der Waals surface area contributed by atoms with Crippen molar-refractivity contribution in [1.29, 1.82) is 0 Å². The molecule has 3 rings (SSSR count). The SMILES string of the molecule is CCOC1=c2c(ccc3c2=CC=N3)N(C(N)=O)C1. The van der Waals surface area contributed by atoms with E-state index in [9.17, 15) is 4.79 Å². The summed E-state index contributed by atoms with van der Waals surface area (Å²) in [4.78, 5) is 17.2. The zero-order valence-electron chi connectivity index (χ0n) is 10.0. The van der Waals surface area contributed by atoms with Crippen LogP contribution in [0.15, 0.2) is 17.1 Å². The Kier molecular flexibility index (Phi) is 2.33. The third-order valence-electron chi connectivity index (χ3n) is 3.11. The number of rotatable bonds is 2. The van der Waals surface area contributed by atoms with Gasteiger partial charge in [-0.2, -0.15) is 0 Å². The molecule has 5 heteroatoms. The number of nitrogens with two attached hydrogens (primary N) is 1. The van der Waals surface area contributed by atoms with Crippen LogP contribution in [0.1, 0.15) is 6.92 Å². The van der Waals surface area contributed by atoms with Crippen LogP contribution in [0.4, 0.5) is 16.2 Å². The number of carbonyl (C=O) groups is 1. The van der Waals surface area contributed by atoms with E-state index in [2.05, 4.69) is 4.99 Å². The Bertz CT molecular complexity index is 676. The molecule has 2 heterocycles. The molecule has 1 aromatic carbocycles. The molecule has 2 amide bonds. The van der Waals surface area contributed by atoms with Gasteiger partial charge in [0.2, 0.25) is 0 Å². The summed E-state index contributed by atoms with van der Waals surface area (Å²) >= 11 is 0. The highest BCUT2D eigenvalue weighted by Crippen LogP contribution is 2.20. The molecule has 0 aliphatic carbocycles. The molecule has 18 heavy (non-hydrogen) atoms. The fraction of sp³-hybridized carbons (Fsp3) is 0.231.